The van der Waals surface area contributed by atoms with Gasteiger partial charge in [-0.15, -0.1) is 0 Å². The molecule has 5 heteroatoms. The Bertz CT molecular complexity index is 951. The third-order valence-corrected chi connectivity index (χ3v) is 4.20. The fourth-order valence-electron chi connectivity index (χ4n) is 2.94. The number of rotatable bonds is 4. The van der Waals surface area contributed by atoms with Crippen LogP contribution in [0.1, 0.15) is 25.7 Å². The van der Waals surface area contributed by atoms with E-state index in [9.17, 15) is 0 Å². The van der Waals surface area contributed by atoms with Crippen molar-refractivity contribution in [2.45, 2.75) is 19.9 Å². The van der Waals surface area contributed by atoms with Gasteiger partial charge in [0.05, 0.1) is 22.6 Å². The first kappa shape index (κ1) is 14.6. The molecule has 24 heavy (non-hydrogen) atoms. The van der Waals surface area contributed by atoms with Gasteiger partial charge < -0.3 is 10.3 Å². The molecule has 0 unspecified atom stereocenters. The van der Waals surface area contributed by atoms with E-state index in [1.807, 2.05) is 48.5 Å². The summed E-state index contributed by atoms with van der Waals surface area (Å²) in [6.07, 6.45) is 1.60. The number of aromatic amines is 1. The lowest BCUT2D eigenvalue weighted by Crippen LogP contribution is -2.19. The maximum absolute atomic E-state index is 4.75. The highest BCUT2D eigenvalue weighted by molar-refractivity contribution is 5.88. The van der Waals surface area contributed by atoms with Crippen molar-refractivity contribution in [3.8, 4) is 0 Å². The minimum atomic E-state index is 0.0377. The van der Waals surface area contributed by atoms with Crippen molar-refractivity contribution in [3.63, 3.8) is 0 Å². The third-order valence-electron chi connectivity index (χ3n) is 4.20. The highest BCUT2D eigenvalue weighted by Crippen LogP contribution is 2.28. The topological polar surface area (TPSA) is 66.5 Å². The van der Waals surface area contributed by atoms with Crippen LogP contribution in [0.2, 0.25) is 0 Å². The van der Waals surface area contributed by atoms with Gasteiger partial charge in [-0.3, -0.25) is 0 Å². The van der Waals surface area contributed by atoms with E-state index < -0.39 is 0 Å². The number of hydrogen-bond acceptors (Lipinski definition) is 4. The number of benzene rings is 2. The predicted molar refractivity (Wildman–Crippen MR) is 96.8 cm³/mol. The summed E-state index contributed by atoms with van der Waals surface area (Å²) < 4.78 is 0. The van der Waals surface area contributed by atoms with Crippen LogP contribution in [0.15, 0.2) is 54.9 Å². The SMILES string of the molecule is CC(C)[C@@H](Nc1ncnc2ccccc12)c1nc2ccccc2[nH]1. The highest BCUT2D eigenvalue weighted by atomic mass is 15.1. The molecule has 4 rings (SSSR count). The molecule has 4 aromatic rings. The van der Waals surface area contributed by atoms with Crippen LogP contribution in [-0.4, -0.2) is 19.9 Å². The van der Waals surface area contributed by atoms with Gasteiger partial charge in [0.25, 0.3) is 0 Å². The molecule has 2 N–H and O–H groups in total. The van der Waals surface area contributed by atoms with Gasteiger partial charge in [0, 0.05) is 5.39 Å². The number of H-pyrrole nitrogens is 1. The molecule has 0 bridgehead atoms. The van der Waals surface area contributed by atoms with E-state index in [1.165, 1.54) is 0 Å². The number of anilines is 1. The first-order chi connectivity index (χ1) is 11.7. The molecule has 0 spiro atoms. The van der Waals surface area contributed by atoms with E-state index in [0.29, 0.717) is 5.92 Å². The zero-order chi connectivity index (χ0) is 16.5. The Morgan fingerprint density at radius 3 is 2.46 bits per heavy atom. The predicted octanol–water partition coefficient (Wildman–Crippen LogP) is 4.32. The average Bonchev–Trinajstić information content (AvgIpc) is 3.03. The number of aromatic nitrogens is 4. The summed E-state index contributed by atoms with van der Waals surface area (Å²) >= 11 is 0. The fraction of sp³-hybridized carbons (Fsp3) is 0.211. The summed E-state index contributed by atoms with van der Waals surface area (Å²) in [6.45, 7) is 4.35. The second-order valence-electron chi connectivity index (χ2n) is 6.24. The molecule has 0 aliphatic rings. The summed E-state index contributed by atoms with van der Waals surface area (Å²) in [5, 5.41) is 4.57. The van der Waals surface area contributed by atoms with Crippen molar-refractivity contribution in [2.24, 2.45) is 5.92 Å². The molecule has 0 aliphatic heterocycles. The molecule has 120 valence electrons. The van der Waals surface area contributed by atoms with Crippen LogP contribution in [0.4, 0.5) is 5.82 Å². The molecule has 2 heterocycles. The van der Waals surface area contributed by atoms with Gasteiger partial charge in [0.1, 0.15) is 18.0 Å². The molecule has 0 saturated heterocycles. The normalized spacial score (nSPS) is 12.8. The molecule has 0 aliphatic carbocycles. The van der Waals surface area contributed by atoms with Gasteiger partial charge in [-0.1, -0.05) is 38.1 Å². The van der Waals surface area contributed by atoms with Gasteiger partial charge in [-0.25, -0.2) is 15.0 Å². The fourth-order valence-corrected chi connectivity index (χ4v) is 2.94. The number of imidazole rings is 1. The summed E-state index contributed by atoms with van der Waals surface area (Å²) in [6, 6.07) is 16.1. The highest BCUT2D eigenvalue weighted by Gasteiger charge is 2.21. The molecule has 0 fully saturated rings. The minimum Gasteiger partial charge on any atom is -0.359 e. The van der Waals surface area contributed by atoms with Gasteiger partial charge >= 0.3 is 0 Å². The molecule has 0 saturated carbocycles. The Morgan fingerprint density at radius 1 is 0.917 bits per heavy atom. The van der Waals surface area contributed by atoms with Crippen LogP contribution >= 0.6 is 0 Å². The minimum absolute atomic E-state index is 0.0377. The lowest BCUT2D eigenvalue weighted by atomic mass is 10.0. The quantitative estimate of drug-likeness (QED) is 0.588. The molecule has 2 aromatic heterocycles. The van der Waals surface area contributed by atoms with Crippen molar-refractivity contribution in [3.05, 3.63) is 60.7 Å². The van der Waals surface area contributed by atoms with Crippen molar-refractivity contribution in [2.75, 3.05) is 5.32 Å². The Morgan fingerprint density at radius 2 is 1.67 bits per heavy atom. The maximum Gasteiger partial charge on any atom is 0.137 e. The van der Waals surface area contributed by atoms with Crippen LogP contribution in [0.5, 0.6) is 0 Å². The van der Waals surface area contributed by atoms with Crippen molar-refractivity contribution in [1.82, 2.24) is 19.9 Å². The smallest absolute Gasteiger partial charge is 0.137 e. The van der Waals surface area contributed by atoms with Crippen LogP contribution in [0.3, 0.4) is 0 Å². The second kappa shape index (κ2) is 5.92. The van der Waals surface area contributed by atoms with Gasteiger partial charge in [-0.2, -0.15) is 0 Å². The molecular formula is C19H19N5. The number of nitrogens with one attached hydrogen (secondary N) is 2. The van der Waals surface area contributed by atoms with Gasteiger partial charge in [-0.05, 0) is 30.2 Å². The van der Waals surface area contributed by atoms with Crippen molar-refractivity contribution < 1.29 is 0 Å². The zero-order valence-electron chi connectivity index (χ0n) is 13.7. The largest absolute Gasteiger partial charge is 0.359 e. The third kappa shape index (κ3) is 2.58. The van der Waals surface area contributed by atoms with Crippen LogP contribution in [-0.2, 0) is 0 Å². The molecular weight excluding hydrogens is 298 g/mol. The number of nitrogens with zero attached hydrogens (tertiary/aromatic N) is 3. The average molecular weight is 317 g/mol. The number of fused-ring (bicyclic) bond motifs is 2. The first-order valence-electron chi connectivity index (χ1n) is 8.13. The zero-order valence-corrected chi connectivity index (χ0v) is 13.7. The van der Waals surface area contributed by atoms with E-state index in [4.69, 9.17) is 4.98 Å². The van der Waals surface area contributed by atoms with Crippen LogP contribution in [0.25, 0.3) is 21.9 Å². The molecule has 0 radical (unpaired) electrons. The molecule has 2 aromatic carbocycles. The van der Waals surface area contributed by atoms with Crippen LogP contribution in [0, 0.1) is 5.92 Å². The Balaban J connectivity index is 1.76. The van der Waals surface area contributed by atoms with E-state index in [1.54, 1.807) is 6.33 Å². The summed E-state index contributed by atoms with van der Waals surface area (Å²) in [5.74, 6) is 2.10. The lowest BCUT2D eigenvalue weighted by molar-refractivity contribution is 0.525. The van der Waals surface area contributed by atoms with Gasteiger partial charge in [0.2, 0.25) is 0 Å². The Hall–Kier alpha value is -2.95. The Kier molecular flexibility index (Phi) is 3.61. The number of hydrogen-bond donors (Lipinski definition) is 2. The monoisotopic (exact) mass is 317 g/mol. The summed E-state index contributed by atoms with van der Waals surface area (Å²) in [7, 11) is 0. The van der Waals surface area contributed by atoms with Gasteiger partial charge in [0.15, 0.2) is 0 Å². The molecule has 5 nitrogen and oxygen atoms in total. The van der Waals surface area contributed by atoms with Crippen molar-refractivity contribution >= 4 is 27.8 Å². The van der Waals surface area contributed by atoms with E-state index in [0.717, 1.165) is 33.6 Å². The van der Waals surface area contributed by atoms with E-state index in [-0.39, 0.29) is 6.04 Å². The standard InChI is InChI=1S/C19H19N5/c1-12(2)17(19-22-15-9-5-6-10-16(15)23-19)24-18-13-7-3-4-8-14(13)20-11-21-18/h3-12,17H,1-2H3,(H,22,23)(H,20,21,24)/t17-/m1/s1. The summed E-state index contributed by atoms with van der Waals surface area (Å²) in [5.41, 5.74) is 2.96. The maximum atomic E-state index is 4.75. The number of para-hydroxylation sites is 3. The van der Waals surface area contributed by atoms with E-state index >= 15 is 0 Å². The summed E-state index contributed by atoms with van der Waals surface area (Å²) in [4.78, 5) is 16.9. The second-order valence-corrected chi connectivity index (χ2v) is 6.24. The Labute approximate surface area is 140 Å². The van der Waals surface area contributed by atoms with E-state index in [2.05, 4.69) is 34.1 Å². The molecule has 0 amide bonds. The molecule has 1 atom stereocenters. The van der Waals surface area contributed by atoms with Crippen molar-refractivity contribution in [1.29, 1.82) is 0 Å². The lowest BCUT2D eigenvalue weighted by Gasteiger charge is -2.21. The van der Waals surface area contributed by atoms with Crippen LogP contribution < -0.4 is 5.32 Å². The first-order valence-corrected chi connectivity index (χ1v) is 8.13.